The first-order valence-electron chi connectivity index (χ1n) is 5.39. The van der Waals surface area contributed by atoms with Crippen LogP contribution in [-0.2, 0) is 15.6 Å². The fourth-order valence-corrected chi connectivity index (χ4v) is 2.05. The first kappa shape index (κ1) is 13.6. The molecule has 0 bridgehead atoms. The van der Waals surface area contributed by atoms with E-state index in [1.165, 1.54) is 13.0 Å². The maximum absolute atomic E-state index is 13.0. The number of rotatable bonds is 4. The summed E-state index contributed by atoms with van der Waals surface area (Å²) in [7, 11) is -3.29. The highest BCUT2D eigenvalue weighted by molar-refractivity contribution is 7.90. The molecule has 2 aromatic rings. The normalized spacial score (nSPS) is 11.7. The molecular formula is C11H10F2N2O3S. The lowest BCUT2D eigenvalue weighted by Gasteiger charge is -1.96. The summed E-state index contributed by atoms with van der Waals surface area (Å²) in [6.45, 7) is 1.50. The first-order chi connectivity index (χ1) is 8.91. The van der Waals surface area contributed by atoms with E-state index in [4.69, 9.17) is 4.52 Å². The molecule has 0 N–H and O–H groups in total. The van der Waals surface area contributed by atoms with Gasteiger partial charge in [-0.15, -0.1) is 0 Å². The summed E-state index contributed by atoms with van der Waals surface area (Å²) in [5, 5.41) is 3.54. The topological polar surface area (TPSA) is 73.1 Å². The molecule has 0 unspecified atom stereocenters. The van der Waals surface area contributed by atoms with Gasteiger partial charge in [0.25, 0.3) is 0 Å². The number of benzene rings is 1. The molecule has 8 heteroatoms. The minimum Gasteiger partial charge on any atom is -0.338 e. The van der Waals surface area contributed by atoms with Crippen molar-refractivity contribution in [1.82, 2.24) is 10.1 Å². The summed E-state index contributed by atoms with van der Waals surface area (Å²) in [6, 6.07) is 3.13. The van der Waals surface area contributed by atoms with Crippen molar-refractivity contribution in [1.29, 1.82) is 0 Å². The second-order valence-corrected chi connectivity index (χ2v) is 6.17. The Kier molecular flexibility index (Phi) is 3.61. The Balaban J connectivity index is 2.28. The lowest BCUT2D eigenvalue weighted by atomic mass is 10.2. The summed E-state index contributed by atoms with van der Waals surface area (Å²) in [4.78, 5) is 3.84. The zero-order chi connectivity index (χ0) is 14.0. The molecule has 0 aliphatic rings. The van der Waals surface area contributed by atoms with Gasteiger partial charge in [0.2, 0.25) is 11.7 Å². The highest BCUT2D eigenvalue weighted by Crippen LogP contribution is 2.19. The highest BCUT2D eigenvalue weighted by atomic mass is 32.2. The number of aromatic nitrogens is 2. The second-order valence-electron chi connectivity index (χ2n) is 3.82. The number of nitrogens with zero attached hydrogens (tertiary/aromatic N) is 2. The highest BCUT2D eigenvalue weighted by Gasteiger charge is 2.16. The number of hydrogen-bond donors (Lipinski definition) is 0. The van der Waals surface area contributed by atoms with Gasteiger partial charge in [-0.05, 0) is 18.2 Å². The van der Waals surface area contributed by atoms with Gasteiger partial charge >= 0.3 is 0 Å². The molecule has 2 rings (SSSR count). The number of halogens is 2. The van der Waals surface area contributed by atoms with Crippen LogP contribution in [0.25, 0.3) is 11.4 Å². The van der Waals surface area contributed by atoms with E-state index in [0.717, 1.165) is 12.1 Å². The number of hydrogen-bond acceptors (Lipinski definition) is 5. The molecule has 5 nitrogen and oxygen atoms in total. The van der Waals surface area contributed by atoms with Crippen molar-refractivity contribution in [2.24, 2.45) is 0 Å². The molecule has 0 aliphatic carbocycles. The van der Waals surface area contributed by atoms with Crippen LogP contribution in [0, 0.1) is 11.6 Å². The molecule has 0 spiro atoms. The Morgan fingerprint density at radius 2 is 2.00 bits per heavy atom. The van der Waals surface area contributed by atoms with Gasteiger partial charge in [-0.25, -0.2) is 17.2 Å². The largest absolute Gasteiger partial charge is 0.338 e. The summed E-state index contributed by atoms with van der Waals surface area (Å²) in [5.41, 5.74) is 0.211. The third kappa shape index (κ3) is 3.14. The van der Waals surface area contributed by atoms with Crippen molar-refractivity contribution in [2.45, 2.75) is 12.7 Å². The van der Waals surface area contributed by atoms with E-state index < -0.39 is 21.5 Å². The lowest BCUT2D eigenvalue weighted by Crippen LogP contribution is -2.06. The van der Waals surface area contributed by atoms with E-state index in [1.54, 1.807) is 0 Å². The average molecular weight is 288 g/mol. The third-order valence-electron chi connectivity index (χ3n) is 2.43. The smallest absolute Gasteiger partial charge is 0.242 e. The monoisotopic (exact) mass is 288 g/mol. The van der Waals surface area contributed by atoms with Crippen molar-refractivity contribution in [2.75, 3.05) is 5.75 Å². The van der Waals surface area contributed by atoms with E-state index >= 15 is 0 Å². The zero-order valence-electron chi connectivity index (χ0n) is 9.93. The molecule has 1 heterocycles. The van der Waals surface area contributed by atoms with Crippen LogP contribution < -0.4 is 0 Å². The fraction of sp³-hybridized carbons (Fsp3) is 0.273. The minimum absolute atomic E-state index is 0.0141. The SMILES string of the molecule is CCS(=O)(=O)Cc1nc(-c2ccc(F)c(F)c2)no1. The van der Waals surface area contributed by atoms with Crippen LogP contribution in [0.5, 0.6) is 0 Å². The Morgan fingerprint density at radius 3 is 2.63 bits per heavy atom. The zero-order valence-corrected chi connectivity index (χ0v) is 10.7. The standard InChI is InChI=1S/C11H10F2N2O3S/c1-2-19(16,17)6-10-14-11(15-18-10)7-3-4-8(12)9(13)5-7/h3-5H,2,6H2,1H3. The van der Waals surface area contributed by atoms with Gasteiger partial charge in [-0.3, -0.25) is 0 Å². The molecule has 0 amide bonds. The molecule has 0 fully saturated rings. The summed E-state index contributed by atoms with van der Waals surface area (Å²) in [6.07, 6.45) is 0. The van der Waals surface area contributed by atoms with Crippen LogP contribution >= 0.6 is 0 Å². The molecule has 19 heavy (non-hydrogen) atoms. The predicted molar refractivity (Wildman–Crippen MR) is 62.8 cm³/mol. The molecule has 0 saturated heterocycles. The summed E-state index contributed by atoms with van der Waals surface area (Å²) < 4.78 is 53.3. The van der Waals surface area contributed by atoms with Crippen molar-refractivity contribution in [3.05, 3.63) is 35.7 Å². The summed E-state index contributed by atoms with van der Waals surface area (Å²) >= 11 is 0. The van der Waals surface area contributed by atoms with Crippen molar-refractivity contribution in [3.8, 4) is 11.4 Å². The van der Waals surface area contributed by atoms with Crippen LogP contribution in [-0.4, -0.2) is 24.3 Å². The molecule has 0 radical (unpaired) electrons. The maximum atomic E-state index is 13.0. The summed E-state index contributed by atoms with van der Waals surface area (Å²) in [5.74, 6) is -2.51. The van der Waals surface area contributed by atoms with Gasteiger partial charge in [-0.1, -0.05) is 12.1 Å². The van der Waals surface area contributed by atoms with Gasteiger partial charge in [0.05, 0.1) is 0 Å². The van der Waals surface area contributed by atoms with Gasteiger partial charge in [0.15, 0.2) is 21.5 Å². The van der Waals surface area contributed by atoms with Gasteiger partial charge in [0, 0.05) is 11.3 Å². The predicted octanol–water partition coefficient (Wildman–Crippen LogP) is 1.95. The second kappa shape index (κ2) is 5.04. The van der Waals surface area contributed by atoms with Crippen LogP contribution in [0.15, 0.2) is 22.7 Å². The molecular weight excluding hydrogens is 278 g/mol. The Labute approximate surface area is 108 Å². The fourth-order valence-electron chi connectivity index (χ4n) is 1.36. The lowest BCUT2D eigenvalue weighted by molar-refractivity contribution is 0.389. The molecule has 1 aromatic carbocycles. The molecule has 1 aromatic heterocycles. The molecule has 102 valence electrons. The Morgan fingerprint density at radius 1 is 1.26 bits per heavy atom. The third-order valence-corrected chi connectivity index (χ3v) is 4.00. The van der Waals surface area contributed by atoms with Crippen molar-refractivity contribution in [3.63, 3.8) is 0 Å². The minimum atomic E-state index is -3.29. The van der Waals surface area contributed by atoms with E-state index in [1.807, 2.05) is 0 Å². The van der Waals surface area contributed by atoms with Crippen molar-refractivity contribution >= 4 is 9.84 Å². The Hall–Kier alpha value is -1.83. The van der Waals surface area contributed by atoms with E-state index in [9.17, 15) is 17.2 Å². The van der Waals surface area contributed by atoms with Crippen LogP contribution in [0.3, 0.4) is 0 Å². The molecule has 0 aliphatic heterocycles. The molecule has 0 saturated carbocycles. The van der Waals surface area contributed by atoms with Gasteiger partial charge in [0.1, 0.15) is 5.75 Å². The Bertz CT molecular complexity index is 698. The quantitative estimate of drug-likeness (QED) is 0.859. The van der Waals surface area contributed by atoms with Gasteiger partial charge in [-0.2, -0.15) is 4.98 Å². The van der Waals surface area contributed by atoms with Crippen LogP contribution in [0.2, 0.25) is 0 Å². The van der Waals surface area contributed by atoms with E-state index in [2.05, 4.69) is 10.1 Å². The average Bonchev–Trinajstić information content (AvgIpc) is 2.80. The van der Waals surface area contributed by atoms with E-state index in [-0.39, 0.29) is 28.8 Å². The maximum Gasteiger partial charge on any atom is 0.242 e. The van der Waals surface area contributed by atoms with Gasteiger partial charge < -0.3 is 4.52 Å². The number of sulfone groups is 1. The van der Waals surface area contributed by atoms with Crippen molar-refractivity contribution < 1.29 is 21.7 Å². The molecule has 0 atom stereocenters. The van der Waals surface area contributed by atoms with E-state index in [0.29, 0.717) is 0 Å². The first-order valence-corrected chi connectivity index (χ1v) is 7.22. The van der Waals surface area contributed by atoms with Crippen LogP contribution in [0.4, 0.5) is 8.78 Å². The van der Waals surface area contributed by atoms with Crippen LogP contribution in [0.1, 0.15) is 12.8 Å².